The molecule has 0 radical (unpaired) electrons. The van der Waals surface area contributed by atoms with Crippen LogP contribution in [0.5, 0.6) is 0 Å². The van der Waals surface area contributed by atoms with Gasteiger partial charge in [0.05, 0.1) is 29.6 Å². The highest BCUT2D eigenvalue weighted by atomic mass is 32.2. The molecule has 1 aromatic rings. The van der Waals surface area contributed by atoms with Crippen molar-refractivity contribution in [3.8, 4) is 6.07 Å². The van der Waals surface area contributed by atoms with Crippen molar-refractivity contribution in [2.45, 2.75) is 30.6 Å². The average Bonchev–Trinajstić information content (AvgIpc) is 3.22. The van der Waals surface area contributed by atoms with Gasteiger partial charge in [-0.1, -0.05) is 12.8 Å². The third kappa shape index (κ3) is 4.95. The zero-order valence-electron chi connectivity index (χ0n) is 16.6. The zero-order chi connectivity index (χ0) is 21.0. The summed E-state index contributed by atoms with van der Waals surface area (Å²) in [7, 11) is -2.52. The molecule has 0 unspecified atom stereocenters. The maximum absolute atomic E-state index is 12.7. The smallest absolute Gasteiger partial charge is 0.243 e. The summed E-state index contributed by atoms with van der Waals surface area (Å²) in [4.78, 5) is 28.3. The van der Waals surface area contributed by atoms with Crippen molar-refractivity contribution >= 4 is 21.8 Å². The lowest BCUT2D eigenvalue weighted by molar-refractivity contribution is -0.145. The van der Waals surface area contributed by atoms with E-state index in [9.17, 15) is 18.0 Å². The van der Waals surface area contributed by atoms with E-state index in [-0.39, 0.29) is 23.9 Å². The Kier molecular flexibility index (Phi) is 6.55. The molecule has 3 rings (SSSR count). The van der Waals surface area contributed by atoms with Crippen LogP contribution < -0.4 is 0 Å². The zero-order valence-corrected chi connectivity index (χ0v) is 17.4. The van der Waals surface area contributed by atoms with E-state index < -0.39 is 15.9 Å². The first-order chi connectivity index (χ1) is 13.8. The number of amides is 2. The van der Waals surface area contributed by atoms with Gasteiger partial charge in [-0.05, 0) is 43.0 Å². The molecular formula is C20H26N4O4S. The van der Waals surface area contributed by atoms with Crippen molar-refractivity contribution < 1.29 is 18.0 Å². The van der Waals surface area contributed by atoms with Crippen LogP contribution >= 0.6 is 0 Å². The highest BCUT2D eigenvalue weighted by molar-refractivity contribution is 7.89. The van der Waals surface area contributed by atoms with E-state index in [1.54, 1.807) is 0 Å². The van der Waals surface area contributed by atoms with Crippen molar-refractivity contribution in [2.24, 2.45) is 5.92 Å². The van der Waals surface area contributed by atoms with E-state index >= 15 is 0 Å². The molecule has 0 aromatic heterocycles. The number of carbonyl (C=O) groups excluding carboxylic acids is 2. The molecular weight excluding hydrogens is 392 g/mol. The maximum atomic E-state index is 12.7. The second-order valence-corrected chi connectivity index (χ2v) is 9.75. The van der Waals surface area contributed by atoms with Crippen molar-refractivity contribution in [1.29, 1.82) is 5.26 Å². The molecule has 156 valence electrons. The molecule has 2 aliphatic rings. The molecule has 1 saturated carbocycles. The molecule has 2 amide bonds. The minimum absolute atomic E-state index is 0.00366. The number of rotatable bonds is 6. The Morgan fingerprint density at radius 1 is 1.21 bits per heavy atom. The maximum Gasteiger partial charge on any atom is 0.243 e. The minimum Gasteiger partial charge on any atom is -0.339 e. The number of benzene rings is 1. The number of hydrogen-bond acceptors (Lipinski definition) is 5. The van der Waals surface area contributed by atoms with Crippen molar-refractivity contribution in [3.05, 3.63) is 29.8 Å². The van der Waals surface area contributed by atoms with Gasteiger partial charge >= 0.3 is 0 Å². The van der Waals surface area contributed by atoms with Gasteiger partial charge in [0, 0.05) is 26.7 Å². The molecule has 1 aromatic carbocycles. The van der Waals surface area contributed by atoms with Crippen LogP contribution in [0.4, 0.5) is 0 Å². The van der Waals surface area contributed by atoms with Crippen LogP contribution in [0.3, 0.4) is 0 Å². The van der Waals surface area contributed by atoms with Crippen LogP contribution in [-0.4, -0.2) is 74.1 Å². The van der Waals surface area contributed by atoms with Crippen LogP contribution in [0.15, 0.2) is 29.2 Å². The van der Waals surface area contributed by atoms with Gasteiger partial charge in [-0.25, -0.2) is 8.42 Å². The standard InChI is InChI=1S/C20H26N4O4S/c1-22(29(27,28)18-8-6-16(12-21)7-9-18)14-19(25)24-11-10-23(20(26)15-24)13-17-4-2-3-5-17/h6-9,17H,2-5,10-11,13-15H2,1H3. The Morgan fingerprint density at radius 3 is 2.45 bits per heavy atom. The molecule has 0 N–H and O–H groups in total. The molecule has 2 fully saturated rings. The molecule has 0 atom stereocenters. The van der Waals surface area contributed by atoms with Crippen LogP contribution in [0.1, 0.15) is 31.2 Å². The third-order valence-electron chi connectivity index (χ3n) is 5.67. The van der Waals surface area contributed by atoms with Crippen LogP contribution in [0.2, 0.25) is 0 Å². The summed E-state index contributed by atoms with van der Waals surface area (Å²) in [6.07, 6.45) is 4.75. The van der Waals surface area contributed by atoms with Gasteiger partial charge in [0.25, 0.3) is 0 Å². The summed E-state index contributed by atoms with van der Waals surface area (Å²) in [5, 5.41) is 8.83. The SMILES string of the molecule is CN(CC(=O)N1CCN(CC2CCCC2)C(=O)C1)S(=O)(=O)c1ccc(C#N)cc1. The number of hydrogen-bond donors (Lipinski definition) is 0. The Bertz CT molecular complexity index is 901. The number of piperazine rings is 1. The predicted octanol–water partition coefficient (Wildman–Crippen LogP) is 1.04. The van der Waals surface area contributed by atoms with Gasteiger partial charge in [-0.3, -0.25) is 9.59 Å². The average molecular weight is 419 g/mol. The van der Waals surface area contributed by atoms with Gasteiger partial charge in [0.15, 0.2) is 0 Å². The van der Waals surface area contributed by atoms with Gasteiger partial charge < -0.3 is 9.80 Å². The van der Waals surface area contributed by atoms with E-state index in [1.165, 1.54) is 49.1 Å². The fourth-order valence-electron chi connectivity index (χ4n) is 3.88. The number of nitriles is 1. The fourth-order valence-corrected chi connectivity index (χ4v) is 5.00. The van der Waals surface area contributed by atoms with E-state index in [1.807, 2.05) is 11.0 Å². The van der Waals surface area contributed by atoms with Gasteiger partial charge in [0.1, 0.15) is 0 Å². The lowest BCUT2D eigenvalue weighted by Gasteiger charge is -2.36. The molecule has 1 saturated heterocycles. The molecule has 9 heteroatoms. The van der Waals surface area contributed by atoms with Crippen molar-refractivity contribution in [1.82, 2.24) is 14.1 Å². The molecule has 1 aliphatic heterocycles. The normalized spacial score (nSPS) is 18.3. The van der Waals surface area contributed by atoms with E-state index in [4.69, 9.17) is 5.26 Å². The van der Waals surface area contributed by atoms with Gasteiger partial charge in [-0.2, -0.15) is 9.57 Å². The minimum atomic E-state index is -3.86. The Morgan fingerprint density at radius 2 is 1.86 bits per heavy atom. The van der Waals surface area contributed by atoms with Gasteiger partial charge in [0.2, 0.25) is 21.8 Å². The number of sulfonamides is 1. The first kappa shape index (κ1) is 21.3. The summed E-state index contributed by atoms with van der Waals surface area (Å²) in [5.74, 6) is 0.0950. The molecule has 29 heavy (non-hydrogen) atoms. The predicted molar refractivity (Wildman–Crippen MR) is 106 cm³/mol. The van der Waals surface area contributed by atoms with Crippen LogP contribution in [0.25, 0.3) is 0 Å². The molecule has 0 spiro atoms. The Hall–Kier alpha value is -2.44. The van der Waals surface area contributed by atoms with Crippen molar-refractivity contribution in [2.75, 3.05) is 39.8 Å². The summed E-state index contributed by atoms with van der Waals surface area (Å²) in [6.45, 7) is 1.33. The topological polar surface area (TPSA) is 102 Å². The fraction of sp³-hybridized carbons (Fsp3) is 0.550. The first-order valence-corrected chi connectivity index (χ1v) is 11.3. The first-order valence-electron chi connectivity index (χ1n) is 9.83. The van der Waals surface area contributed by atoms with Crippen LogP contribution in [-0.2, 0) is 19.6 Å². The molecule has 0 bridgehead atoms. The quantitative estimate of drug-likeness (QED) is 0.687. The van der Waals surface area contributed by atoms with Gasteiger partial charge in [-0.15, -0.1) is 0 Å². The number of carbonyl (C=O) groups is 2. The molecule has 1 aliphatic carbocycles. The second kappa shape index (κ2) is 8.93. The summed E-state index contributed by atoms with van der Waals surface area (Å²) >= 11 is 0. The van der Waals surface area contributed by atoms with Crippen LogP contribution in [0, 0.1) is 17.2 Å². The Labute approximate surface area is 171 Å². The van der Waals surface area contributed by atoms with E-state index in [0.29, 0.717) is 24.6 Å². The summed E-state index contributed by atoms with van der Waals surface area (Å²) < 4.78 is 26.3. The summed E-state index contributed by atoms with van der Waals surface area (Å²) in [6, 6.07) is 7.47. The highest BCUT2D eigenvalue weighted by Gasteiger charge is 2.31. The van der Waals surface area contributed by atoms with E-state index in [0.717, 1.165) is 23.7 Å². The monoisotopic (exact) mass is 418 g/mol. The summed E-state index contributed by atoms with van der Waals surface area (Å²) in [5.41, 5.74) is 0.358. The number of nitrogens with zero attached hydrogens (tertiary/aromatic N) is 4. The van der Waals surface area contributed by atoms with Crippen molar-refractivity contribution in [3.63, 3.8) is 0 Å². The lowest BCUT2D eigenvalue weighted by atomic mass is 10.1. The Balaban J connectivity index is 1.56. The number of likely N-dealkylation sites (N-methyl/N-ethyl adjacent to an activating group) is 1. The second-order valence-electron chi connectivity index (χ2n) is 7.70. The highest BCUT2D eigenvalue weighted by Crippen LogP contribution is 2.26. The third-order valence-corrected chi connectivity index (χ3v) is 7.49. The lowest BCUT2D eigenvalue weighted by Crippen LogP contribution is -2.54. The molecule has 8 nitrogen and oxygen atoms in total. The molecule has 1 heterocycles. The largest absolute Gasteiger partial charge is 0.339 e. The van der Waals surface area contributed by atoms with E-state index in [2.05, 4.69) is 0 Å².